The lowest BCUT2D eigenvalue weighted by molar-refractivity contribution is -0.159. The minimum absolute atomic E-state index is 0.105. The Kier molecular flexibility index (Phi) is 12.4. The molecule has 1 spiro atoms. The molecule has 7 atom stereocenters. The molecule has 3 fully saturated rings. The lowest BCUT2D eigenvalue weighted by atomic mass is 9.70. The van der Waals surface area contributed by atoms with E-state index in [0.717, 1.165) is 18.4 Å². The number of aliphatic hydroxyl groups is 1. The quantitative estimate of drug-likeness (QED) is 0.105. The van der Waals surface area contributed by atoms with E-state index in [4.69, 9.17) is 9.47 Å². The molecule has 3 aliphatic rings. The van der Waals surface area contributed by atoms with Crippen LogP contribution in [0.15, 0.2) is 55.6 Å². The number of benzene rings is 1. The molecule has 0 aliphatic carbocycles. The standard InChI is InChI=1S/C34H46BrN3O7/c1-4-6-16-26(40)36-21-23(3)44-33(43)27-28-31(41)38(18-12-7-8-13-19-39)30(34(28)20-25(35)29(27)45-34)32(42)37(17-5-2)22-24-14-10-9-11-15-24/h4-5,9-11,14-15,23,25,27-30,39H,1-2,6-8,12-13,16-22H2,3H3,(H,36,40)/t23-,25?,27-,28+,29-,30-,34+/m0/s1. The number of carbonyl (C=O) groups is 4. The summed E-state index contributed by atoms with van der Waals surface area (Å²) in [5, 5.41) is 12.0. The van der Waals surface area contributed by atoms with E-state index in [9.17, 15) is 24.3 Å². The number of fused-ring (bicyclic) bond motifs is 1. The summed E-state index contributed by atoms with van der Waals surface area (Å²) in [6.07, 6.45) is 6.24. The molecule has 1 unspecified atom stereocenters. The number of halogens is 1. The Balaban J connectivity index is 1.59. The molecule has 0 radical (unpaired) electrons. The van der Waals surface area contributed by atoms with Crippen molar-refractivity contribution >= 4 is 39.6 Å². The predicted octanol–water partition coefficient (Wildman–Crippen LogP) is 3.52. The number of allylic oxidation sites excluding steroid dienone is 1. The molecule has 0 saturated carbocycles. The molecule has 2 N–H and O–H groups in total. The number of unbranched alkanes of at least 4 members (excludes halogenated alkanes) is 3. The van der Waals surface area contributed by atoms with Gasteiger partial charge in [-0.1, -0.05) is 71.3 Å². The number of amides is 3. The molecular formula is C34H46BrN3O7. The van der Waals surface area contributed by atoms with E-state index >= 15 is 0 Å². The van der Waals surface area contributed by atoms with Crippen molar-refractivity contribution in [3.05, 3.63) is 61.2 Å². The van der Waals surface area contributed by atoms with Gasteiger partial charge in [-0.05, 0) is 38.2 Å². The maximum atomic E-state index is 14.5. The normalized spacial score (nSPS) is 27.1. The van der Waals surface area contributed by atoms with E-state index in [1.165, 1.54) is 0 Å². The fourth-order valence-electron chi connectivity index (χ4n) is 6.93. The van der Waals surface area contributed by atoms with Crippen molar-refractivity contribution < 1.29 is 33.8 Å². The number of hydrogen-bond donors (Lipinski definition) is 2. The second-order valence-corrected chi connectivity index (χ2v) is 13.4. The topological polar surface area (TPSA) is 125 Å². The Labute approximate surface area is 274 Å². The number of nitrogens with zero attached hydrogens (tertiary/aromatic N) is 2. The van der Waals surface area contributed by atoms with Gasteiger partial charge in [0, 0.05) is 37.5 Å². The summed E-state index contributed by atoms with van der Waals surface area (Å²) in [5.41, 5.74) is -0.247. The number of alkyl halides is 1. The Hall–Kier alpha value is -3.02. The Morgan fingerprint density at radius 2 is 1.93 bits per heavy atom. The second-order valence-electron chi connectivity index (χ2n) is 12.2. The van der Waals surface area contributed by atoms with Crippen LogP contribution in [0.2, 0.25) is 0 Å². The van der Waals surface area contributed by atoms with Crippen LogP contribution in [0.3, 0.4) is 0 Å². The molecular weight excluding hydrogens is 642 g/mol. The van der Waals surface area contributed by atoms with Crippen molar-refractivity contribution in [2.45, 2.75) is 87.1 Å². The minimum Gasteiger partial charge on any atom is -0.460 e. The van der Waals surface area contributed by atoms with Crippen molar-refractivity contribution in [1.82, 2.24) is 15.1 Å². The SMILES string of the molecule is C=CCCC(=O)NC[C@H](C)OC(=O)[C@@H]1[C@H]2O[C@@]3(CC2Br)[C@H](C(=O)N(CC=C)Cc2ccccc2)N(CCCCCCO)C(=O)[C@@H]13. The molecule has 3 saturated heterocycles. The first-order chi connectivity index (χ1) is 21.7. The molecule has 4 rings (SSSR count). The van der Waals surface area contributed by atoms with Crippen LogP contribution < -0.4 is 5.32 Å². The summed E-state index contributed by atoms with van der Waals surface area (Å²) in [6, 6.07) is 8.73. The summed E-state index contributed by atoms with van der Waals surface area (Å²) in [7, 11) is 0. The maximum Gasteiger partial charge on any atom is 0.312 e. The molecule has 2 bridgehead atoms. The van der Waals surface area contributed by atoms with Crippen LogP contribution in [0.4, 0.5) is 0 Å². The van der Waals surface area contributed by atoms with Crippen LogP contribution in [0, 0.1) is 11.8 Å². The number of likely N-dealkylation sites (tertiary alicyclic amines) is 1. The Bertz CT molecular complexity index is 1230. The van der Waals surface area contributed by atoms with Gasteiger partial charge < -0.3 is 29.7 Å². The zero-order valence-corrected chi connectivity index (χ0v) is 27.7. The average molecular weight is 689 g/mol. The van der Waals surface area contributed by atoms with Crippen LogP contribution in [0.1, 0.15) is 57.4 Å². The Morgan fingerprint density at radius 1 is 1.20 bits per heavy atom. The first kappa shape index (κ1) is 34.8. The van der Waals surface area contributed by atoms with Gasteiger partial charge in [-0.25, -0.2) is 0 Å². The van der Waals surface area contributed by atoms with Gasteiger partial charge in [-0.15, -0.1) is 13.2 Å². The molecule has 1 aromatic rings. The molecule has 11 heteroatoms. The van der Waals surface area contributed by atoms with E-state index in [0.29, 0.717) is 45.2 Å². The van der Waals surface area contributed by atoms with Gasteiger partial charge in [0.15, 0.2) is 0 Å². The summed E-state index contributed by atoms with van der Waals surface area (Å²) >= 11 is 3.70. The number of nitrogens with one attached hydrogen (secondary N) is 1. The van der Waals surface area contributed by atoms with Crippen molar-refractivity contribution in [2.24, 2.45) is 11.8 Å². The van der Waals surface area contributed by atoms with Gasteiger partial charge >= 0.3 is 5.97 Å². The number of carbonyl (C=O) groups excluding carboxylic acids is 4. The van der Waals surface area contributed by atoms with Crippen LogP contribution in [0.25, 0.3) is 0 Å². The van der Waals surface area contributed by atoms with Crippen molar-refractivity contribution in [3.8, 4) is 0 Å². The van der Waals surface area contributed by atoms with Crippen LogP contribution >= 0.6 is 15.9 Å². The van der Waals surface area contributed by atoms with Crippen LogP contribution in [-0.2, 0) is 35.2 Å². The molecule has 1 aromatic carbocycles. The van der Waals surface area contributed by atoms with E-state index in [1.807, 2.05) is 30.3 Å². The number of ether oxygens (including phenoxy) is 2. The van der Waals surface area contributed by atoms with Gasteiger partial charge in [0.2, 0.25) is 17.7 Å². The molecule has 3 amide bonds. The highest BCUT2D eigenvalue weighted by atomic mass is 79.9. The highest BCUT2D eigenvalue weighted by molar-refractivity contribution is 9.09. The third-order valence-corrected chi connectivity index (χ3v) is 9.80. The number of esters is 1. The maximum absolute atomic E-state index is 14.5. The second kappa shape index (κ2) is 16.0. The largest absolute Gasteiger partial charge is 0.460 e. The zero-order chi connectivity index (χ0) is 32.6. The van der Waals surface area contributed by atoms with Gasteiger partial charge in [-0.2, -0.15) is 0 Å². The highest BCUT2D eigenvalue weighted by Gasteiger charge is 2.77. The molecule has 246 valence electrons. The average Bonchev–Trinajstić information content (AvgIpc) is 3.62. The van der Waals surface area contributed by atoms with E-state index in [-0.39, 0.29) is 42.2 Å². The van der Waals surface area contributed by atoms with Crippen molar-refractivity contribution in [1.29, 1.82) is 0 Å². The minimum atomic E-state index is -1.19. The van der Waals surface area contributed by atoms with Gasteiger partial charge in [0.05, 0.1) is 24.5 Å². The van der Waals surface area contributed by atoms with Crippen molar-refractivity contribution in [2.75, 3.05) is 26.2 Å². The van der Waals surface area contributed by atoms with Crippen molar-refractivity contribution in [3.63, 3.8) is 0 Å². The number of hydrogen-bond acceptors (Lipinski definition) is 7. The molecule has 45 heavy (non-hydrogen) atoms. The van der Waals surface area contributed by atoms with E-state index in [2.05, 4.69) is 34.4 Å². The lowest BCUT2D eigenvalue weighted by Crippen LogP contribution is -2.56. The summed E-state index contributed by atoms with van der Waals surface area (Å²) in [4.78, 5) is 57.7. The Morgan fingerprint density at radius 3 is 2.62 bits per heavy atom. The first-order valence-corrected chi connectivity index (χ1v) is 16.8. The fraction of sp³-hybridized carbons (Fsp3) is 0.588. The third kappa shape index (κ3) is 7.69. The lowest BCUT2D eigenvalue weighted by Gasteiger charge is -2.37. The van der Waals surface area contributed by atoms with Crippen LogP contribution in [0.5, 0.6) is 0 Å². The molecule has 0 aromatic heterocycles. The first-order valence-electron chi connectivity index (χ1n) is 15.9. The third-order valence-electron chi connectivity index (χ3n) is 8.96. The molecule has 10 nitrogen and oxygen atoms in total. The van der Waals surface area contributed by atoms with E-state index in [1.54, 1.807) is 28.9 Å². The smallest absolute Gasteiger partial charge is 0.312 e. The van der Waals surface area contributed by atoms with Gasteiger partial charge in [0.1, 0.15) is 17.7 Å². The molecule has 3 aliphatic heterocycles. The summed E-state index contributed by atoms with van der Waals surface area (Å²) in [5.74, 6) is -3.02. The highest BCUT2D eigenvalue weighted by Crippen LogP contribution is 2.60. The summed E-state index contributed by atoms with van der Waals surface area (Å²) < 4.78 is 12.4. The molecule has 3 heterocycles. The number of aliphatic hydroxyl groups excluding tert-OH is 1. The number of rotatable bonds is 18. The zero-order valence-electron chi connectivity index (χ0n) is 26.1. The van der Waals surface area contributed by atoms with Gasteiger partial charge in [-0.3, -0.25) is 19.2 Å². The van der Waals surface area contributed by atoms with Gasteiger partial charge in [0.25, 0.3) is 0 Å². The van der Waals surface area contributed by atoms with E-state index < -0.39 is 41.7 Å². The summed E-state index contributed by atoms with van der Waals surface area (Å²) in [6.45, 7) is 10.4. The monoisotopic (exact) mass is 687 g/mol. The fourth-order valence-corrected chi connectivity index (χ4v) is 7.87. The predicted molar refractivity (Wildman–Crippen MR) is 173 cm³/mol. The van der Waals surface area contributed by atoms with Crippen LogP contribution in [-0.4, -0.2) is 93.5 Å².